The molecule has 0 radical (unpaired) electrons. The van der Waals surface area contributed by atoms with E-state index in [1.165, 1.54) is 6.08 Å². The standard InChI is InChI=1S/C6H7NO4/c1-2-3-5(9)7(4-8)6(10)11/h2-4H,1H3,(H,10,11)/b3-2-. The number of carbonyl (C=O) groups is 3. The van der Waals surface area contributed by atoms with E-state index in [0.29, 0.717) is 0 Å². The minimum absolute atomic E-state index is 0.0509. The Morgan fingerprint density at radius 1 is 1.45 bits per heavy atom. The van der Waals surface area contributed by atoms with Crippen LogP contribution in [0.3, 0.4) is 0 Å². The molecule has 3 amide bonds. The fourth-order valence-electron chi connectivity index (χ4n) is 0.414. The maximum atomic E-state index is 10.6. The second-order valence-electron chi connectivity index (χ2n) is 1.60. The number of carbonyl (C=O) groups excluding carboxylic acids is 2. The number of imide groups is 3. The van der Waals surface area contributed by atoms with Crippen LogP contribution in [0.2, 0.25) is 0 Å². The largest absolute Gasteiger partial charge is 0.464 e. The molecule has 0 aliphatic heterocycles. The molecule has 0 bridgehead atoms. The topological polar surface area (TPSA) is 74.7 Å². The summed E-state index contributed by atoms with van der Waals surface area (Å²) in [6.45, 7) is 1.54. The highest BCUT2D eigenvalue weighted by Gasteiger charge is 2.16. The molecule has 0 aromatic heterocycles. The Balaban J connectivity index is 4.38. The first-order valence-corrected chi connectivity index (χ1v) is 2.77. The summed E-state index contributed by atoms with van der Waals surface area (Å²) in [4.78, 5) is 30.7. The Labute approximate surface area is 62.9 Å². The number of allylic oxidation sites excluding steroid dienone is 1. The number of carboxylic acid groups (broad SMARTS) is 1. The van der Waals surface area contributed by atoms with Gasteiger partial charge in [-0.2, -0.15) is 4.90 Å². The molecule has 5 heteroatoms. The molecule has 0 heterocycles. The second kappa shape index (κ2) is 4.21. The number of hydrogen-bond acceptors (Lipinski definition) is 3. The smallest absolute Gasteiger partial charge is 0.421 e. The van der Waals surface area contributed by atoms with Crippen molar-refractivity contribution < 1.29 is 19.5 Å². The summed E-state index contributed by atoms with van der Waals surface area (Å²) in [6, 6.07) is 0. The van der Waals surface area contributed by atoms with E-state index in [9.17, 15) is 14.4 Å². The monoisotopic (exact) mass is 157 g/mol. The lowest BCUT2D eigenvalue weighted by Gasteiger charge is -2.04. The van der Waals surface area contributed by atoms with Crippen LogP contribution >= 0.6 is 0 Å². The minimum Gasteiger partial charge on any atom is -0.464 e. The number of amides is 3. The quantitative estimate of drug-likeness (QED) is 0.459. The van der Waals surface area contributed by atoms with Gasteiger partial charge in [0.05, 0.1) is 0 Å². The van der Waals surface area contributed by atoms with Crippen LogP contribution in [0.25, 0.3) is 0 Å². The van der Waals surface area contributed by atoms with Crippen LogP contribution in [0.15, 0.2) is 12.2 Å². The van der Waals surface area contributed by atoms with Crippen molar-refractivity contribution in [3.63, 3.8) is 0 Å². The molecular weight excluding hydrogens is 150 g/mol. The molecule has 0 aliphatic carbocycles. The summed E-state index contributed by atoms with van der Waals surface area (Å²) in [5.74, 6) is -0.866. The number of hydrogen-bond donors (Lipinski definition) is 1. The average molecular weight is 157 g/mol. The average Bonchev–Trinajstić information content (AvgIpc) is 1.88. The van der Waals surface area contributed by atoms with Gasteiger partial charge in [0.2, 0.25) is 6.41 Å². The second-order valence-corrected chi connectivity index (χ2v) is 1.60. The highest BCUT2D eigenvalue weighted by molar-refractivity contribution is 6.06. The molecule has 0 aromatic rings. The number of nitrogens with zero attached hydrogens (tertiary/aromatic N) is 1. The zero-order chi connectivity index (χ0) is 8.85. The molecule has 1 N–H and O–H groups in total. The maximum absolute atomic E-state index is 10.6. The van der Waals surface area contributed by atoms with E-state index in [1.54, 1.807) is 6.92 Å². The first kappa shape index (κ1) is 9.35. The first-order valence-electron chi connectivity index (χ1n) is 2.77. The van der Waals surface area contributed by atoms with E-state index in [0.717, 1.165) is 6.08 Å². The normalized spacial score (nSPS) is 9.55. The third-order valence-corrected chi connectivity index (χ3v) is 0.858. The molecule has 0 atom stereocenters. The van der Waals surface area contributed by atoms with E-state index in [-0.39, 0.29) is 11.3 Å². The molecule has 0 fully saturated rings. The molecule has 0 saturated heterocycles. The van der Waals surface area contributed by atoms with Gasteiger partial charge in [0.15, 0.2) is 0 Å². The Morgan fingerprint density at radius 3 is 2.27 bits per heavy atom. The van der Waals surface area contributed by atoms with Crippen molar-refractivity contribution in [1.29, 1.82) is 0 Å². The fraction of sp³-hybridized carbons (Fsp3) is 0.167. The summed E-state index contributed by atoms with van der Waals surface area (Å²) in [7, 11) is 0. The summed E-state index contributed by atoms with van der Waals surface area (Å²) in [5.41, 5.74) is 0. The van der Waals surface area contributed by atoms with Gasteiger partial charge in [-0.25, -0.2) is 4.79 Å². The molecule has 0 spiro atoms. The SMILES string of the molecule is C/C=C\C(=O)N(C=O)C(=O)O. The fourth-order valence-corrected chi connectivity index (χ4v) is 0.414. The Kier molecular flexibility index (Phi) is 3.58. The molecule has 5 nitrogen and oxygen atoms in total. The molecule has 0 aromatic carbocycles. The van der Waals surface area contributed by atoms with Crippen LogP contribution in [-0.4, -0.2) is 28.4 Å². The van der Waals surface area contributed by atoms with E-state index in [4.69, 9.17) is 5.11 Å². The lowest BCUT2D eigenvalue weighted by molar-refractivity contribution is -0.131. The van der Waals surface area contributed by atoms with Crippen LogP contribution in [-0.2, 0) is 9.59 Å². The van der Waals surface area contributed by atoms with Crippen molar-refractivity contribution in [2.45, 2.75) is 6.92 Å². The molecule has 0 unspecified atom stereocenters. The van der Waals surface area contributed by atoms with Gasteiger partial charge in [0.1, 0.15) is 0 Å². The highest BCUT2D eigenvalue weighted by atomic mass is 16.4. The van der Waals surface area contributed by atoms with Crippen LogP contribution in [0.4, 0.5) is 4.79 Å². The summed E-state index contributed by atoms with van der Waals surface area (Å²) in [5, 5.41) is 8.21. The third kappa shape index (κ3) is 2.61. The molecule has 0 rings (SSSR count). The lowest BCUT2D eigenvalue weighted by atomic mass is 10.5. The van der Waals surface area contributed by atoms with E-state index in [2.05, 4.69) is 0 Å². The summed E-state index contributed by atoms with van der Waals surface area (Å²) < 4.78 is 0. The van der Waals surface area contributed by atoms with Crippen molar-refractivity contribution >= 4 is 18.4 Å². The van der Waals surface area contributed by atoms with Gasteiger partial charge in [-0.1, -0.05) is 6.08 Å². The van der Waals surface area contributed by atoms with Crippen molar-refractivity contribution in [3.8, 4) is 0 Å². The minimum atomic E-state index is -1.58. The Morgan fingerprint density at radius 2 is 2.00 bits per heavy atom. The van der Waals surface area contributed by atoms with E-state index < -0.39 is 12.0 Å². The highest BCUT2D eigenvalue weighted by Crippen LogP contribution is 1.87. The maximum Gasteiger partial charge on any atom is 0.421 e. The third-order valence-electron chi connectivity index (χ3n) is 0.858. The van der Waals surface area contributed by atoms with Gasteiger partial charge in [-0.15, -0.1) is 0 Å². The summed E-state index contributed by atoms with van der Waals surface area (Å²) >= 11 is 0. The Hall–Kier alpha value is -1.65. The predicted octanol–water partition coefficient (Wildman–Crippen LogP) is 0.226. The van der Waals surface area contributed by atoms with Crippen LogP contribution in [0.5, 0.6) is 0 Å². The molecule has 11 heavy (non-hydrogen) atoms. The van der Waals surface area contributed by atoms with Gasteiger partial charge in [-0.05, 0) is 13.0 Å². The Bertz CT molecular complexity index is 209. The van der Waals surface area contributed by atoms with Crippen molar-refractivity contribution in [1.82, 2.24) is 4.90 Å². The molecule has 0 aliphatic rings. The van der Waals surface area contributed by atoms with Gasteiger partial charge in [0, 0.05) is 0 Å². The molecule has 60 valence electrons. The van der Waals surface area contributed by atoms with E-state index >= 15 is 0 Å². The zero-order valence-electron chi connectivity index (χ0n) is 5.85. The van der Waals surface area contributed by atoms with Crippen LogP contribution in [0.1, 0.15) is 6.92 Å². The number of rotatable bonds is 2. The zero-order valence-corrected chi connectivity index (χ0v) is 5.85. The van der Waals surface area contributed by atoms with Gasteiger partial charge < -0.3 is 5.11 Å². The van der Waals surface area contributed by atoms with Gasteiger partial charge >= 0.3 is 6.09 Å². The first-order chi connectivity index (χ1) is 5.13. The summed E-state index contributed by atoms with van der Waals surface area (Å²) in [6.07, 6.45) is 0.706. The molecular formula is C6H7NO4. The van der Waals surface area contributed by atoms with Crippen molar-refractivity contribution in [2.24, 2.45) is 0 Å². The van der Waals surface area contributed by atoms with Crippen LogP contribution in [0, 0.1) is 0 Å². The lowest BCUT2D eigenvalue weighted by Crippen LogP contribution is -2.32. The van der Waals surface area contributed by atoms with Crippen molar-refractivity contribution in [2.75, 3.05) is 0 Å². The van der Waals surface area contributed by atoms with E-state index in [1.807, 2.05) is 0 Å². The van der Waals surface area contributed by atoms with Crippen molar-refractivity contribution in [3.05, 3.63) is 12.2 Å². The van der Waals surface area contributed by atoms with Gasteiger partial charge in [0.25, 0.3) is 5.91 Å². The predicted molar refractivity (Wildman–Crippen MR) is 35.7 cm³/mol. The van der Waals surface area contributed by atoms with Gasteiger partial charge in [-0.3, -0.25) is 9.59 Å². The van der Waals surface area contributed by atoms with Crippen LogP contribution < -0.4 is 0 Å². The molecule has 0 saturated carbocycles.